The van der Waals surface area contributed by atoms with Gasteiger partial charge in [-0.1, -0.05) is 6.07 Å². The van der Waals surface area contributed by atoms with Crippen LogP contribution in [-0.4, -0.2) is 60.4 Å². The topological polar surface area (TPSA) is 86.2 Å². The van der Waals surface area contributed by atoms with Crippen molar-refractivity contribution in [2.45, 2.75) is 65.1 Å². The molecule has 3 N–H and O–H groups in total. The largest absolute Gasteiger partial charge is 0.444 e. The molecule has 1 aliphatic heterocycles. The van der Waals surface area contributed by atoms with E-state index in [2.05, 4.69) is 15.6 Å². The van der Waals surface area contributed by atoms with E-state index in [0.29, 0.717) is 18.4 Å². The Bertz CT molecular complexity index is 689. The summed E-state index contributed by atoms with van der Waals surface area (Å²) >= 11 is 1.53. The van der Waals surface area contributed by atoms with Gasteiger partial charge in [-0.2, -0.15) is 0 Å². The highest BCUT2D eigenvalue weighted by molar-refractivity contribution is 14.0. The van der Waals surface area contributed by atoms with E-state index >= 15 is 0 Å². The molecule has 1 aromatic heterocycles. The Balaban J connectivity index is 0.00000480. The summed E-state index contributed by atoms with van der Waals surface area (Å²) in [6, 6.07) is 3.87. The van der Waals surface area contributed by atoms with Crippen molar-refractivity contribution in [3.63, 3.8) is 0 Å². The molecule has 0 radical (unpaired) electrons. The van der Waals surface area contributed by atoms with Gasteiger partial charge in [-0.25, -0.2) is 9.79 Å². The lowest BCUT2D eigenvalue weighted by Crippen LogP contribution is -2.44. The van der Waals surface area contributed by atoms with E-state index < -0.39 is 11.2 Å². The van der Waals surface area contributed by atoms with Crippen molar-refractivity contribution in [1.82, 2.24) is 15.5 Å². The van der Waals surface area contributed by atoms with E-state index in [4.69, 9.17) is 4.74 Å². The summed E-state index contributed by atoms with van der Waals surface area (Å²) in [6.45, 7) is 12.8. The third kappa shape index (κ3) is 9.95. The number of thiophene rings is 1. The maximum Gasteiger partial charge on any atom is 0.410 e. The number of amides is 1. The summed E-state index contributed by atoms with van der Waals surface area (Å²) in [5.74, 6) is 1.14. The van der Waals surface area contributed by atoms with Gasteiger partial charge in [0.25, 0.3) is 0 Å². The highest BCUT2D eigenvalue weighted by Gasteiger charge is 2.27. The maximum absolute atomic E-state index is 12.3. The van der Waals surface area contributed by atoms with Crippen molar-refractivity contribution < 1.29 is 14.6 Å². The Morgan fingerprint density at radius 3 is 2.71 bits per heavy atom. The summed E-state index contributed by atoms with van der Waals surface area (Å²) in [5, 5.41) is 19.2. The Hall–Kier alpha value is -1.07. The summed E-state index contributed by atoms with van der Waals surface area (Å²) in [6.07, 6.45) is 2.85. The average molecular weight is 567 g/mol. The Morgan fingerprint density at radius 2 is 2.10 bits per heavy atom. The number of guanidine groups is 1. The van der Waals surface area contributed by atoms with Crippen LogP contribution in [0.15, 0.2) is 22.5 Å². The van der Waals surface area contributed by atoms with Crippen LogP contribution in [0.5, 0.6) is 0 Å². The monoisotopic (exact) mass is 566 g/mol. The van der Waals surface area contributed by atoms with Crippen LogP contribution in [0, 0.1) is 5.92 Å². The van der Waals surface area contributed by atoms with Gasteiger partial charge in [-0.05, 0) is 71.2 Å². The molecule has 2 unspecified atom stereocenters. The van der Waals surface area contributed by atoms with E-state index in [1.165, 1.54) is 11.3 Å². The summed E-state index contributed by atoms with van der Waals surface area (Å²) in [4.78, 5) is 19.7. The van der Waals surface area contributed by atoms with Gasteiger partial charge in [-0.15, -0.1) is 35.3 Å². The number of piperidine rings is 1. The van der Waals surface area contributed by atoms with Crippen molar-refractivity contribution in [1.29, 1.82) is 0 Å². The normalized spacial score (nSPS) is 19.2. The van der Waals surface area contributed by atoms with Gasteiger partial charge in [0.1, 0.15) is 11.2 Å². The zero-order valence-corrected chi connectivity index (χ0v) is 22.6. The molecule has 1 amide bonds. The summed E-state index contributed by atoms with van der Waals surface area (Å²) < 4.78 is 5.51. The minimum atomic E-state index is -0.978. The van der Waals surface area contributed by atoms with E-state index in [0.717, 1.165) is 50.3 Å². The van der Waals surface area contributed by atoms with Crippen LogP contribution in [0.25, 0.3) is 0 Å². The number of aliphatic hydroxyl groups is 1. The van der Waals surface area contributed by atoms with E-state index in [9.17, 15) is 9.90 Å². The first-order valence-corrected chi connectivity index (χ1v) is 11.7. The first-order chi connectivity index (χ1) is 14.1. The first-order valence-electron chi connectivity index (χ1n) is 10.9. The molecule has 2 heterocycles. The molecule has 0 saturated carbocycles. The summed E-state index contributed by atoms with van der Waals surface area (Å²) in [7, 11) is 0. The van der Waals surface area contributed by atoms with Gasteiger partial charge >= 0.3 is 6.09 Å². The van der Waals surface area contributed by atoms with E-state index in [-0.39, 0.29) is 30.1 Å². The molecule has 31 heavy (non-hydrogen) atoms. The lowest BCUT2D eigenvalue weighted by molar-refractivity contribution is 0.0162. The van der Waals surface area contributed by atoms with Gasteiger partial charge in [0.15, 0.2) is 5.96 Å². The number of halogens is 1. The molecule has 7 nitrogen and oxygen atoms in total. The number of carbonyl (C=O) groups excluding carboxylic acids is 1. The lowest BCUT2D eigenvalue weighted by Gasteiger charge is -2.34. The number of nitrogens with one attached hydrogen (secondary N) is 2. The molecule has 2 rings (SSSR count). The van der Waals surface area contributed by atoms with Crippen molar-refractivity contribution in [3.05, 3.63) is 22.4 Å². The minimum absolute atomic E-state index is 0. The Morgan fingerprint density at radius 1 is 1.35 bits per heavy atom. The standard InChI is InChI=1S/C22H38N4O3S.HI/c1-6-23-19(25-16-22(5,28)18-10-8-14-30-18)24-12-11-17-9-7-13-26(15-17)20(27)29-21(2,3)4;/h8,10,14,17,28H,6-7,9,11-13,15-16H2,1-5H3,(H2,23,24,25);1H. The third-order valence-corrected chi connectivity index (χ3v) is 6.08. The van der Waals surface area contributed by atoms with Crippen LogP contribution in [-0.2, 0) is 10.3 Å². The number of rotatable bonds is 7. The Labute approximate surface area is 208 Å². The van der Waals surface area contributed by atoms with E-state index in [1.54, 1.807) is 6.92 Å². The third-order valence-electron chi connectivity index (χ3n) is 4.96. The zero-order chi connectivity index (χ0) is 22.2. The number of aliphatic imine (C=N–C) groups is 1. The zero-order valence-electron chi connectivity index (χ0n) is 19.4. The quantitative estimate of drug-likeness (QED) is 0.262. The fourth-order valence-electron chi connectivity index (χ4n) is 3.43. The number of ether oxygens (including phenoxy) is 1. The molecule has 2 atom stereocenters. The molecule has 0 spiro atoms. The molecular formula is C22H39IN4O3S. The predicted molar refractivity (Wildman–Crippen MR) is 138 cm³/mol. The van der Waals surface area contributed by atoms with Crippen LogP contribution in [0.2, 0.25) is 0 Å². The van der Waals surface area contributed by atoms with Crippen LogP contribution >= 0.6 is 35.3 Å². The van der Waals surface area contributed by atoms with Crippen LogP contribution in [0.4, 0.5) is 4.79 Å². The van der Waals surface area contributed by atoms with Crippen molar-refractivity contribution in [2.75, 3.05) is 32.7 Å². The molecule has 0 bridgehead atoms. The molecule has 1 aliphatic rings. The fraction of sp³-hybridized carbons (Fsp3) is 0.727. The lowest BCUT2D eigenvalue weighted by atomic mass is 9.95. The van der Waals surface area contributed by atoms with Crippen molar-refractivity contribution >= 4 is 47.4 Å². The van der Waals surface area contributed by atoms with Gasteiger partial charge < -0.3 is 25.4 Å². The molecule has 0 aliphatic carbocycles. The van der Waals surface area contributed by atoms with Crippen molar-refractivity contribution in [3.8, 4) is 0 Å². The van der Waals surface area contributed by atoms with Gasteiger partial charge in [0.05, 0.1) is 6.54 Å². The molecule has 0 aromatic carbocycles. The molecular weight excluding hydrogens is 527 g/mol. The van der Waals surface area contributed by atoms with Gasteiger partial charge in [0.2, 0.25) is 0 Å². The SMILES string of the molecule is CCNC(=NCC(C)(O)c1cccs1)NCCC1CCCN(C(=O)OC(C)(C)C)C1.I. The second-order valence-electron chi connectivity index (χ2n) is 9.10. The molecule has 1 fully saturated rings. The molecule has 1 saturated heterocycles. The van der Waals surface area contributed by atoms with Crippen LogP contribution in [0.1, 0.15) is 58.8 Å². The predicted octanol–water partition coefficient (Wildman–Crippen LogP) is 4.17. The number of hydrogen-bond donors (Lipinski definition) is 3. The highest BCUT2D eigenvalue weighted by atomic mass is 127. The number of carbonyl (C=O) groups is 1. The first kappa shape index (κ1) is 28.0. The smallest absolute Gasteiger partial charge is 0.410 e. The fourth-order valence-corrected chi connectivity index (χ4v) is 4.20. The van der Waals surface area contributed by atoms with Crippen molar-refractivity contribution in [2.24, 2.45) is 10.9 Å². The number of nitrogens with zero attached hydrogens (tertiary/aromatic N) is 2. The summed E-state index contributed by atoms with van der Waals surface area (Å²) in [5.41, 5.74) is -1.44. The van der Waals surface area contributed by atoms with Crippen LogP contribution < -0.4 is 10.6 Å². The second-order valence-corrected chi connectivity index (χ2v) is 10.0. The average Bonchev–Trinajstić information content (AvgIpc) is 3.21. The van der Waals surface area contributed by atoms with E-state index in [1.807, 2.05) is 50.1 Å². The molecule has 1 aromatic rings. The van der Waals surface area contributed by atoms with Gasteiger partial charge in [-0.3, -0.25) is 0 Å². The molecule has 9 heteroatoms. The highest BCUT2D eigenvalue weighted by Crippen LogP contribution is 2.25. The van der Waals surface area contributed by atoms with Crippen LogP contribution in [0.3, 0.4) is 0 Å². The second kappa shape index (κ2) is 12.8. The Kier molecular flexibility index (Phi) is 11.6. The molecule has 178 valence electrons. The van der Waals surface area contributed by atoms with Gasteiger partial charge in [0, 0.05) is 31.1 Å². The minimum Gasteiger partial charge on any atom is -0.444 e. The maximum atomic E-state index is 12.3. The number of likely N-dealkylation sites (tertiary alicyclic amines) is 1. The number of hydrogen-bond acceptors (Lipinski definition) is 5.